The average molecular weight is 265 g/mol. The van der Waals surface area contributed by atoms with Crippen molar-refractivity contribution in [3.63, 3.8) is 0 Å². The molecule has 0 saturated heterocycles. The lowest BCUT2D eigenvalue weighted by Crippen LogP contribution is -2.44. The van der Waals surface area contributed by atoms with Crippen LogP contribution in [0.3, 0.4) is 0 Å². The Balaban J connectivity index is 1.95. The maximum Gasteiger partial charge on any atom is 0.251 e. The molecule has 0 aromatic heterocycles. The summed E-state index contributed by atoms with van der Waals surface area (Å²) in [6.45, 7) is 0.216. The fraction of sp³-hybridized carbons (Fsp3) is 0.500. The summed E-state index contributed by atoms with van der Waals surface area (Å²) in [5.74, 6) is -0.958. The van der Waals surface area contributed by atoms with Crippen LogP contribution in [-0.4, -0.2) is 33.4 Å². The summed E-state index contributed by atoms with van der Waals surface area (Å²) >= 11 is 0. The lowest BCUT2D eigenvalue weighted by Gasteiger charge is -2.32. The van der Waals surface area contributed by atoms with Gasteiger partial charge in [0, 0.05) is 12.1 Å². The molecule has 1 aromatic rings. The Labute approximate surface area is 111 Å². The van der Waals surface area contributed by atoms with Gasteiger partial charge in [0.15, 0.2) is 11.5 Å². The van der Waals surface area contributed by atoms with Crippen LogP contribution in [0, 0.1) is 0 Å². The van der Waals surface area contributed by atoms with Gasteiger partial charge in [-0.1, -0.05) is 19.3 Å². The van der Waals surface area contributed by atoms with Crippen LogP contribution in [0.25, 0.3) is 0 Å². The molecule has 0 heterocycles. The minimum absolute atomic E-state index is 0.216. The van der Waals surface area contributed by atoms with Crippen molar-refractivity contribution < 1.29 is 20.1 Å². The van der Waals surface area contributed by atoms with Crippen molar-refractivity contribution in [3.8, 4) is 11.5 Å². The van der Waals surface area contributed by atoms with Crippen molar-refractivity contribution in [1.29, 1.82) is 0 Å². The minimum Gasteiger partial charge on any atom is -0.504 e. The second kappa shape index (κ2) is 5.48. The molecule has 1 aliphatic rings. The number of aliphatic hydroxyl groups is 1. The van der Waals surface area contributed by atoms with Crippen LogP contribution in [0.15, 0.2) is 18.2 Å². The number of amides is 1. The molecule has 19 heavy (non-hydrogen) atoms. The predicted octanol–water partition coefficient (Wildman–Crippen LogP) is 1.52. The van der Waals surface area contributed by atoms with Gasteiger partial charge in [0.2, 0.25) is 0 Å². The molecular formula is C14H19NO4. The molecule has 1 saturated carbocycles. The molecule has 1 fully saturated rings. The van der Waals surface area contributed by atoms with E-state index in [0.29, 0.717) is 12.8 Å². The Morgan fingerprint density at radius 3 is 2.47 bits per heavy atom. The number of benzene rings is 1. The van der Waals surface area contributed by atoms with Crippen LogP contribution >= 0.6 is 0 Å². The van der Waals surface area contributed by atoms with Gasteiger partial charge < -0.3 is 20.6 Å². The first-order valence-corrected chi connectivity index (χ1v) is 6.53. The first-order valence-electron chi connectivity index (χ1n) is 6.53. The van der Waals surface area contributed by atoms with Crippen molar-refractivity contribution in [2.45, 2.75) is 37.7 Å². The van der Waals surface area contributed by atoms with Gasteiger partial charge in [-0.3, -0.25) is 4.79 Å². The van der Waals surface area contributed by atoms with Crippen LogP contribution in [0.2, 0.25) is 0 Å². The van der Waals surface area contributed by atoms with Crippen LogP contribution in [0.5, 0.6) is 11.5 Å². The van der Waals surface area contributed by atoms with E-state index in [0.717, 1.165) is 19.3 Å². The highest BCUT2D eigenvalue weighted by molar-refractivity contribution is 5.94. The van der Waals surface area contributed by atoms with Gasteiger partial charge in [-0.25, -0.2) is 0 Å². The summed E-state index contributed by atoms with van der Waals surface area (Å²) in [6.07, 6.45) is 4.49. The standard InChI is InChI=1S/C14H19NO4/c16-11-5-4-10(8-12(11)17)13(18)15-9-14(19)6-2-1-3-7-14/h4-5,8,16-17,19H,1-3,6-7,9H2,(H,15,18). The van der Waals surface area contributed by atoms with Gasteiger partial charge in [0.1, 0.15) is 0 Å². The van der Waals surface area contributed by atoms with Crippen molar-refractivity contribution in [3.05, 3.63) is 23.8 Å². The molecule has 5 heteroatoms. The molecule has 104 valence electrons. The summed E-state index contributed by atoms with van der Waals surface area (Å²) in [4.78, 5) is 11.9. The average Bonchev–Trinajstić information content (AvgIpc) is 2.40. The van der Waals surface area contributed by atoms with Crippen LogP contribution in [0.4, 0.5) is 0 Å². The molecule has 0 spiro atoms. The van der Waals surface area contributed by atoms with Crippen molar-refractivity contribution in [1.82, 2.24) is 5.32 Å². The SMILES string of the molecule is O=C(NCC1(O)CCCCC1)c1ccc(O)c(O)c1. The molecule has 1 amide bonds. The highest BCUT2D eigenvalue weighted by Gasteiger charge is 2.29. The number of hydrogen-bond acceptors (Lipinski definition) is 4. The fourth-order valence-corrected chi connectivity index (χ4v) is 2.40. The highest BCUT2D eigenvalue weighted by atomic mass is 16.3. The van der Waals surface area contributed by atoms with Gasteiger partial charge in [-0.2, -0.15) is 0 Å². The molecule has 1 aromatic carbocycles. The molecule has 0 unspecified atom stereocenters. The predicted molar refractivity (Wildman–Crippen MR) is 70.1 cm³/mol. The zero-order valence-electron chi connectivity index (χ0n) is 10.7. The number of aromatic hydroxyl groups is 2. The highest BCUT2D eigenvalue weighted by Crippen LogP contribution is 2.28. The summed E-state index contributed by atoms with van der Waals surface area (Å²) in [6, 6.07) is 3.89. The molecule has 0 bridgehead atoms. The number of rotatable bonds is 3. The van der Waals surface area contributed by atoms with E-state index in [-0.39, 0.29) is 29.5 Å². The number of carbonyl (C=O) groups is 1. The zero-order chi connectivity index (χ0) is 13.9. The second-order valence-electron chi connectivity index (χ2n) is 5.17. The smallest absolute Gasteiger partial charge is 0.251 e. The fourth-order valence-electron chi connectivity index (χ4n) is 2.40. The van der Waals surface area contributed by atoms with Gasteiger partial charge in [0.05, 0.1) is 5.60 Å². The van der Waals surface area contributed by atoms with Gasteiger partial charge in [-0.15, -0.1) is 0 Å². The summed E-state index contributed by atoms with van der Waals surface area (Å²) in [5, 5.41) is 31.5. The maximum atomic E-state index is 11.9. The quantitative estimate of drug-likeness (QED) is 0.624. The monoisotopic (exact) mass is 265 g/mol. The molecule has 0 atom stereocenters. The molecule has 2 rings (SSSR count). The first-order chi connectivity index (χ1) is 9.00. The molecule has 1 aliphatic carbocycles. The van der Waals surface area contributed by atoms with Crippen LogP contribution in [0.1, 0.15) is 42.5 Å². The number of nitrogens with one attached hydrogen (secondary N) is 1. The Kier molecular flexibility index (Phi) is 3.95. The minimum atomic E-state index is -0.813. The van der Waals surface area contributed by atoms with E-state index in [1.165, 1.54) is 18.2 Å². The number of phenols is 2. The third-order valence-electron chi connectivity index (χ3n) is 3.60. The van der Waals surface area contributed by atoms with Crippen LogP contribution in [-0.2, 0) is 0 Å². The van der Waals surface area contributed by atoms with E-state index in [9.17, 15) is 20.1 Å². The summed E-state index contributed by atoms with van der Waals surface area (Å²) in [7, 11) is 0. The van der Waals surface area contributed by atoms with Crippen molar-refractivity contribution >= 4 is 5.91 Å². The third kappa shape index (κ3) is 3.38. The Bertz CT molecular complexity index is 467. The normalized spacial score (nSPS) is 17.9. The molecule has 0 aliphatic heterocycles. The lowest BCUT2D eigenvalue weighted by molar-refractivity contribution is 0.00525. The van der Waals surface area contributed by atoms with Gasteiger partial charge in [-0.05, 0) is 31.0 Å². The number of carbonyl (C=O) groups excluding carboxylic acids is 1. The maximum absolute atomic E-state index is 11.9. The zero-order valence-corrected chi connectivity index (χ0v) is 10.7. The van der Waals surface area contributed by atoms with E-state index in [4.69, 9.17) is 0 Å². The molecular weight excluding hydrogens is 246 g/mol. The largest absolute Gasteiger partial charge is 0.504 e. The number of hydrogen-bond donors (Lipinski definition) is 4. The molecule has 0 radical (unpaired) electrons. The van der Waals surface area contributed by atoms with E-state index >= 15 is 0 Å². The van der Waals surface area contributed by atoms with Gasteiger partial charge in [0.25, 0.3) is 5.91 Å². The number of phenolic OH excluding ortho intramolecular Hbond substituents is 2. The topological polar surface area (TPSA) is 89.8 Å². The first kappa shape index (κ1) is 13.7. The van der Waals surface area contributed by atoms with E-state index in [2.05, 4.69) is 5.32 Å². The van der Waals surface area contributed by atoms with Crippen LogP contribution < -0.4 is 5.32 Å². The molecule has 4 N–H and O–H groups in total. The molecule has 5 nitrogen and oxygen atoms in total. The second-order valence-corrected chi connectivity index (χ2v) is 5.17. The third-order valence-corrected chi connectivity index (χ3v) is 3.60. The summed E-state index contributed by atoms with van der Waals surface area (Å²) in [5.41, 5.74) is -0.554. The van der Waals surface area contributed by atoms with Gasteiger partial charge >= 0.3 is 0 Å². The Morgan fingerprint density at radius 1 is 1.16 bits per heavy atom. The van der Waals surface area contributed by atoms with Crippen molar-refractivity contribution in [2.24, 2.45) is 0 Å². The lowest BCUT2D eigenvalue weighted by atomic mass is 9.85. The Hall–Kier alpha value is -1.75. The van der Waals surface area contributed by atoms with Crippen molar-refractivity contribution in [2.75, 3.05) is 6.54 Å². The van der Waals surface area contributed by atoms with E-state index in [1.807, 2.05) is 0 Å². The summed E-state index contributed by atoms with van der Waals surface area (Å²) < 4.78 is 0. The van der Waals surface area contributed by atoms with E-state index < -0.39 is 5.60 Å². The Morgan fingerprint density at radius 2 is 1.84 bits per heavy atom. The van der Waals surface area contributed by atoms with E-state index in [1.54, 1.807) is 0 Å².